The number of hydrogen-bond acceptors (Lipinski definition) is 3. The average molecular weight is 213 g/mol. The summed E-state index contributed by atoms with van der Waals surface area (Å²) >= 11 is 3.30. The Balaban J connectivity index is 2.87. The van der Waals surface area contributed by atoms with Crippen LogP contribution in [0.2, 0.25) is 0 Å². The number of aromatic nitrogens is 4. The van der Waals surface area contributed by atoms with Gasteiger partial charge in [-0.05, 0) is 22.9 Å². The fourth-order valence-electron chi connectivity index (χ4n) is 0.831. The zero-order chi connectivity index (χ0) is 7.84. The fourth-order valence-corrected chi connectivity index (χ4v) is 1.17. The van der Waals surface area contributed by atoms with Gasteiger partial charge in [0.05, 0.1) is 18.1 Å². The largest absolute Gasteiger partial charge is 0.251 e. The van der Waals surface area contributed by atoms with Crippen molar-refractivity contribution >= 4 is 21.7 Å². The molecule has 0 aliphatic rings. The zero-order valence-electron chi connectivity index (χ0n) is 5.82. The molecule has 0 amide bonds. The van der Waals surface area contributed by atoms with Crippen LogP contribution >= 0.6 is 15.9 Å². The van der Waals surface area contributed by atoms with Gasteiger partial charge in [0, 0.05) is 0 Å². The number of rotatable bonds is 0. The van der Waals surface area contributed by atoms with Gasteiger partial charge in [0.2, 0.25) is 0 Å². The van der Waals surface area contributed by atoms with Crippen molar-refractivity contribution in [1.29, 1.82) is 0 Å². The van der Waals surface area contributed by atoms with Gasteiger partial charge in [0.25, 0.3) is 5.78 Å². The molecule has 2 aromatic heterocycles. The second-order valence-electron chi connectivity index (χ2n) is 2.19. The van der Waals surface area contributed by atoms with Gasteiger partial charge in [-0.25, -0.2) is 9.97 Å². The minimum absolute atomic E-state index is 0.613. The molecular formula is C6H5BrN4. The van der Waals surface area contributed by atoms with Crippen LogP contribution in [0.15, 0.2) is 17.0 Å². The van der Waals surface area contributed by atoms with Crippen LogP contribution < -0.4 is 0 Å². The minimum Gasteiger partial charge on any atom is -0.218 e. The van der Waals surface area contributed by atoms with E-state index in [2.05, 4.69) is 31.0 Å². The Bertz CT molecular complexity index is 394. The van der Waals surface area contributed by atoms with Crippen LogP contribution in [0.3, 0.4) is 0 Å². The predicted molar refractivity (Wildman–Crippen MR) is 43.2 cm³/mol. The summed E-state index contributed by atoms with van der Waals surface area (Å²) < 4.78 is 2.47. The third-order valence-corrected chi connectivity index (χ3v) is 1.84. The lowest BCUT2D eigenvalue weighted by molar-refractivity contribution is 0.853. The molecule has 0 fully saturated rings. The quantitative estimate of drug-likeness (QED) is 0.660. The molecule has 0 N–H and O–H groups in total. The third-order valence-electron chi connectivity index (χ3n) is 1.30. The van der Waals surface area contributed by atoms with E-state index in [0.29, 0.717) is 5.78 Å². The first-order valence-corrected chi connectivity index (χ1v) is 3.89. The van der Waals surface area contributed by atoms with Crippen LogP contribution in [0, 0.1) is 6.92 Å². The van der Waals surface area contributed by atoms with Gasteiger partial charge in [-0.2, -0.15) is 9.61 Å². The van der Waals surface area contributed by atoms with Crippen molar-refractivity contribution in [2.24, 2.45) is 0 Å². The lowest BCUT2D eigenvalue weighted by Crippen LogP contribution is -1.96. The molecule has 0 bridgehead atoms. The third kappa shape index (κ3) is 1.01. The fraction of sp³-hybridized carbons (Fsp3) is 0.167. The first-order valence-electron chi connectivity index (χ1n) is 3.10. The normalized spacial score (nSPS) is 10.7. The van der Waals surface area contributed by atoms with Crippen LogP contribution in [0.25, 0.3) is 5.78 Å². The Morgan fingerprint density at radius 3 is 2.91 bits per heavy atom. The summed E-state index contributed by atoms with van der Waals surface area (Å²) in [6.45, 7) is 1.89. The molecule has 0 aliphatic carbocycles. The van der Waals surface area contributed by atoms with Crippen LogP contribution in [-0.2, 0) is 0 Å². The first-order chi connectivity index (χ1) is 5.27. The van der Waals surface area contributed by atoms with E-state index in [9.17, 15) is 0 Å². The Morgan fingerprint density at radius 2 is 2.09 bits per heavy atom. The Kier molecular flexibility index (Phi) is 1.38. The summed E-state index contributed by atoms with van der Waals surface area (Å²) in [4.78, 5) is 8.06. The molecule has 2 aromatic rings. The molecule has 0 saturated carbocycles. The van der Waals surface area contributed by atoms with Crippen molar-refractivity contribution in [2.75, 3.05) is 0 Å². The monoisotopic (exact) mass is 212 g/mol. The van der Waals surface area contributed by atoms with Crippen LogP contribution in [0.1, 0.15) is 5.69 Å². The van der Waals surface area contributed by atoms with Gasteiger partial charge in [-0.15, -0.1) is 0 Å². The summed E-state index contributed by atoms with van der Waals surface area (Å²) in [5, 5.41) is 4.18. The molecule has 5 heteroatoms. The van der Waals surface area contributed by atoms with Crippen molar-refractivity contribution in [3.63, 3.8) is 0 Å². The summed E-state index contributed by atoms with van der Waals surface area (Å²) in [5.41, 5.74) is 0.871. The molecule has 2 heterocycles. The summed E-state index contributed by atoms with van der Waals surface area (Å²) in [6, 6.07) is 0. The van der Waals surface area contributed by atoms with Gasteiger partial charge >= 0.3 is 0 Å². The highest BCUT2D eigenvalue weighted by atomic mass is 79.9. The summed E-state index contributed by atoms with van der Waals surface area (Å²) in [5.74, 6) is 0.613. The molecule has 2 rings (SSSR count). The smallest absolute Gasteiger partial charge is 0.218 e. The number of aryl methyl sites for hydroxylation is 1. The lowest BCUT2D eigenvalue weighted by Gasteiger charge is -1.93. The maximum Gasteiger partial charge on any atom is 0.251 e. The molecule has 0 spiro atoms. The second kappa shape index (κ2) is 2.27. The highest BCUT2D eigenvalue weighted by Gasteiger charge is 2.00. The van der Waals surface area contributed by atoms with E-state index < -0.39 is 0 Å². The summed E-state index contributed by atoms with van der Waals surface area (Å²) in [6.07, 6.45) is 3.36. The minimum atomic E-state index is 0.613. The number of fused-ring (bicyclic) bond motifs is 1. The van der Waals surface area contributed by atoms with Gasteiger partial charge in [0.1, 0.15) is 4.60 Å². The molecule has 0 atom stereocenters. The molecule has 0 unspecified atom stereocenters. The van der Waals surface area contributed by atoms with Crippen molar-refractivity contribution in [3.8, 4) is 0 Å². The van der Waals surface area contributed by atoms with E-state index in [1.807, 2.05) is 6.92 Å². The average Bonchev–Trinajstić information content (AvgIpc) is 2.33. The number of nitrogens with zero attached hydrogens (tertiary/aromatic N) is 4. The van der Waals surface area contributed by atoms with Crippen LogP contribution in [0.4, 0.5) is 0 Å². The molecule has 0 radical (unpaired) electrons. The highest BCUT2D eigenvalue weighted by molar-refractivity contribution is 9.10. The second-order valence-corrected chi connectivity index (χ2v) is 3.00. The topological polar surface area (TPSA) is 43.1 Å². The van der Waals surface area contributed by atoms with Crippen molar-refractivity contribution < 1.29 is 0 Å². The Hall–Kier alpha value is -0.970. The summed E-state index contributed by atoms with van der Waals surface area (Å²) in [7, 11) is 0. The van der Waals surface area contributed by atoms with E-state index >= 15 is 0 Å². The molecule has 11 heavy (non-hydrogen) atoms. The maximum absolute atomic E-state index is 4.18. The number of halogens is 1. The highest BCUT2D eigenvalue weighted by Crippen LogP contribution is 2.08. The number of hydrogen-bond donors (Lipinski definition) is 0. The Labute approximate surface area is 71.4 Å². The van der Waals surface area contributed by atoms with Crippen molar-refractivity contribution in [3.05, 3.63) is 22.7 Å². The zero-order valence-corrected chi connectivity index (χ0v) is 7.41. The van der Waals surface area contributed by atoms with Gasteiger partial charge in [0.15, 0.2) is 0 Å². The van der Waals surface area contributed by atoms with Crippen molar-refractivity contribution in [2.45, 2.75) is 6.92 Å². The molecule has 0 saturated heterocycles. The van der Waals surface area contributed by atoms with Gasteiger partial charge < -0.3 is 0 Å². The van der Waals surface area contributed by atoms with Crippen molar-refractivity contribution in [1.82, 2.24) is 19.6 Å². The lowest BCUT2D eigenvalue weighted by atomic mass is 10.6. The molecule has 56 valence electrons. The van der Waals surface area contributed by atoms with Crippen LogP contribution in [0.5, 0.6) is 0 Å². The molecule has 4 nitrogen and oxygen atoms in total. The van der Waals surface area contributed by atoms with E-state index in [1.54, 1.807) is 16.9 Å². The van der Waals surface area contributed by atoms with E-state index in [1.165, 1.54) is 0 Å². The van der Waals surface area contributed by atoms with E-state index in [4.69, 9.17) is 0 Å². The van der Waals surface area contributed by atoms with Gasteiger partial charge in [-0.3, -0.25) is 0 Å². The first kappa shape index (κ1) is 6.72. The van der Waals surface area contributed by atoms with Gasteiger partial charge in [-0.1, -0.05) is 0 Å². The van der Waals surface area contributed by atoms with E-state index in [0.717, 1.165) is 10.3 Å². The van der Waals surface area contributed by atoms with E-state index in [-0.39, 0.29) is 0 Å². The molecule has 0 aliphatic heterocycles. The SMILES string of the molecule is Cc1cnc2ncc(Br)n2n1. The van der Waals surface area contributed by atoms with Crippen LogP contribution in [-0.4, -0.2) is 19.6 Å². The predicted octanol–water partition coefficient (Wildman–Crippen LogP) is 1.20. The maximum atomic E-state index is 4.18. The Morgan fingerprint density at radius 1 is 1.36 bits per heavy atom. The molecular weight excluding hydrogens is 208 g/mol. The number of imidazole rings is 1. The standard InChI is InChI=1S/C6H5BrN4/c1-4-2-8-6-9-3-5(7)11(6)10-4/h2-3H,1H3. The molecule has 0 aromatic carbocycles.